The van der Waals surface area contributed by atoms with Crippen LogP contribution in [0.1, 0.15) is 29.4 Å². The van der Waals surface area contributed by atoms with Crippen molar-refractivity contribution in [1.82, 2.24) is 14.5 Å². The van der Waals surface area contributed by atoms with E-state index >= 15 is 0 Å². The number of aromatic amines is 1. The minimum atomic E-state index is 0.538. The molecule has 128 valence electrons. The van der Waals surface area contributed by atoms with E-state index in [9.17, 15) is 5.26 Å². The molecule has 0 bridgehead atoms. The van der Waals surface area contributed by atoms with E-state index in [2.05, 4.69) is 71.8 Å². The lowest BCUT2D eigenvalue weighted by Crippen LogP contribution is -1.89. The van der Waals surface area contributed by atoms with E-state index in [1.165, 1.54) is 16.6 Å². The minimum Gasteiger partial charge on any atom is -0.347 e. The van der Waals surface area contributed by atoms with Crippen LogP contribution in [0.4, 0.5) is 0 Å². The lowest BCUT2D eigenvalue weighted by molar-refractivity contribution is 0.797. The second-order valence-electron chi connectivity index (χ2n) is 6.60. The summed E-state index contributed by atoms with van der Waals surface area (Å²) >= 11 is 0. The number of hydrogen-bond acceptors (Lipinski definition) is 2. The molecule has 0 saturated carbocycles. The largest absolute Gasteiger partial charge is 0.347 e. The number of rotatable bonds is 3. The standard InChI is InChI=1S/C22H20N4/c1-4-26-13-17(18-7-5-6-8-21(18)26)11-16(12-23)22-24-19-9-14(2)15(3)10-20(19)25-22/h5-11,13H,4H2,1-3H3,(H,24,25)/b16-11-. The molecule has 4 rings (SSSR count). The van der Waals surface area contributed by atoms with Crippen molar-refractivity contribution in [1.29, 1.82) is 5.26 Å². The first-order valence-electron chi connectivity index (χ1n) is 8.77. The Hall–Kier alpha value is -3.32. The molecular formula is C22H20N4. The normalized spacial score (nSPS) is 12.0. The monoisotopic (exact) mass is 340 g/mol. The van der Waals surface area contributed by atoms with Crippen molar-refractivity contribution < 1.29 is 0 Å². The van der Waals surface area contributed by atoms with Crippen molar-refractivity contribution in [3.8, 4) is 6.07 Å². The first-order chi connectivity index (χ1) is 12.6. The second kappa shape index (κ2) is 6.20. The fourth-order valence-electron chi connectivity index (χ4n) is 3.36. The number of imidazole rings is 1. The van der Waals surface area contributed by atoms with E-state index in [4.69, 9.17) is 0 Å². The van der Waals surface area contributed by atoms with Crippen LogP contribution < -0.4 is 0 Å². The number of aromatic nitrogens is 3. The maximum Gasteiger partial charge on any atom is 0.149 e. The van der Waals surface area contributed by atoms with Crippen molar-refractivity contribution in [3.05, 3.63) is 65.1 Å². The van der Waals surface area contributed by atoms with Crippen molar-refractivity contribution >= 4 is 33.6 Å². The van der Waals surface area contributed by atoms with Gasteiger partial charge in [-0.2, -0.15) is 5.26 Å². The van der Waals surface area contributed by atoms with Crippen molar-refractivity contribution in [3.63, 3.8) is 0 Å². The van der Waals surface area contributed by atoms with Gasteiger partial charge in [-0.3, -0.25) is 0 Å². The van der Waals surface area contributed by atoms with E-state index in [1.807, 2.05) is 18.2 Å². The van der Waals surface area contributed by atoms with Gasteiger partial charge in [-0.15, -0.1) is 0 Å². The Bertz CT molecular complexity index is 1160. The van der Waals surface area contributed by atoms with Gasteiger partial charge in [-0.1, -0.05) is 18.2 Å². The zero-order valence-electron chi connectivity index (χ0n) is 15.2. The summed E-state index contributed by atoms with van der Waals surface area (Å²) in [6, 6.07) is 14.7. The molecule has 0 radical (unpaired) electrons. The van der Waals surface area contributed by atoms with Gasteiger partial charge in [0.15, 0.2) is 0 Å². The van der Waals surface area contributed by atoms with E-state index in [0.717, 1.165) is 28.5 Å². The van der Waals surface area contributed by atoms with Crippen molar-refractivity contribution in [2.24, 2.45) is 0 Å². The molecule has 0 amide bonds. The summed E-state index contributed by atoms with van der Waals surface area (Å²) in [7, 11) is 0. The predicted molar refractivity (Wildman–Crippen MR) is 107 cm³/mol. The summed E-state index contributed by atoms with van der Waals surface area (Å²) in [5.41, 5.74) is 7.00. The van der Waals surface area contributed by atoms with Crippen LogP contribution in [0.3, 0.4) is 0 Å². The van der Waals surface area contributed by atoms with E-state index in [1.54, 1.807) is 0 Å². The molecular weight excluding hydrogens is 320 g/mol. The zero-order chi connectivity index (χ0) is 18.3. The minimum absolute atomic E-state index is 0.538. The van der Waals surface area contributed by atoms with Crippen LogP contribution in [0.15, 0.2) is 42.6 Å². The number of nitrogens with one attached hydrogen (secondary N) is 1. The number of hydrogen-bond donors (Lipinski definition) is 1. The summed E-state index contributed by atoms with van der Waals surface area (Å²) in [4.78, 5) is 7.93. The number of fused-ring (bicyclic) bond motifs is 2. The maximum absolute atomic E-state index is 9.73. The number of allylic oxidation sites excluding steroid dienone is 1. The van der Waals surface area contributed by atoms with Gasteiger partial charge in [0.1, 0.15) is 11.9 Å². The van der Waals surface area contributed by atoms with Crippen LogP contribution in [-0.2, 0) is 6.54 Å². The third-order valence-corrected chi connectivity index (χ3v) is 4.93. The maximum atomic E-state index is 9.73. The van der Waals surface area contributed by atoms with Crippen molar-refractivity contribution in [2.75, 3.05) is 0 Å². The first-order valence-corrected chi connectivity index (χ1v) is 8.77. The molecule has 2 heterocycles. The van der Waals surface area contributed by atoms with Gasteiger partial charge in [-0.25, -0.2) is 4.98 Å². The number of nitriles is 1. The van der Waals surface area contributed by atoms with Crippen LogP contribution >= 0.6 is 0 Å². The zero-order valence-corrected chi connectivity index (χ0v) is 15.2. The van der Waals surface area contributed by atoms with Crippen LogP contribution in [-0.4, -0.2) is 14.5 Å². The number of para-hydroxylation sites is 1. The molecule has 4 heteroatoms. The van der Waals surface area contributed by atoms with Crippen LogP contribution in [0.2, 0.25) is 0 Å². The molecule has 0 aliphatic rings. The molecule has 0 atom stereocenters. The van der Waals surface area contributed by atoms with Crippen LogP contribution in [0.5, 0.6) is 0 Å². The summed E-state index contributed by atoms with van der Waals surface area (Å²) in [6.07, 6.45) is 4.02. The smallest absolute Gasteiger partial charge is 0.149 e. The van der Waals surface area contributed by atoms with Crippen molar-refractivity contribution in [2.45, 2.75) is 27.3 Å². The Kier molecular flexibility index (Phi) is 3.85. The van der Waals surface area contributed by atoms with Gasteiger partial charge in [0.2, 0.25) is 0 Å². The summed E-state index contributed by atoms with van der Waals surface area (Å²) in [5, 5.41) is 10.9. The Morgan fingerprint density at radius 2 is 2.00 bits per heavy atom. The van der Waals surface area contributed by atoms with E-state index in [0.29, 0.717) is 11.4 Å². The van der Waals surface area contributed by atoms with Gasteiger partial charge < -0.3 is 9.55 Å². The quantitative estimate of drug-likeness (QED) is 0.520. The van der Waals surface area contributed by atoms with Gasteiger partial charge in [0.25, 0.3) is 0 Å². The van der Waals surface area contributed by atoms with Crippen LogP contribution in [0.25, 0.3) is 33.6 Å². The highest BCUT2D eigenvalue weighted by Gasteiger charge is 2.11. The van der Waals surface area contributed by atoms with E-state index in [-0.39, 0.29) is 0 Å². The Labute approximate surface area is 152 Å². The molecule has 2 aromatic carbocycles. The molecule has 0 saturated heterocycles. The summed E-state index contributed by atoms with van der Waals surface area (Å²) in [5.74, 6) is 0.612. The SMILES string of the molecule is CCn1cc(/C=C(/C#N)c2nc3cc(C)c(C)cc3[nH]2)c2ccccc21. The number of benzene rings is 2. The van der Waals surface area contributed by atoms with Gasteiger partial charge >= 0.3 is 0 Å². The molecule has 0 unspecified atom stereocenters. The number of nitrogens with zero attached hydrogens (tertiary/aromatic N) is 3. The molecule has 0 fully saturated rings. The third-order valence-electron chi connectivity index (χ3n) is 4.93. The fraction of sp³-hybridized carbons (Fsp3) is 0.182. The third kappa shape index (κ3) is 2.58. The van der Waals surface area contributed by atoms with E-state index < -0.39 is 0 Å². The summed E-state index contributed by atoms with van der Waals surface area (Å²) < 4.78 is 2.20. The topological polar surface area (TPSA) is 57.4 Å². The molecule has 0 aliphatic heterocycles. The van der Waals surface area contributed by atoms with Gasteiger partial charge in [0.05, 0.1) is 16.6 Å². The highest BCUT2D eigenvalue weighted by Crippen LogP contribution is 2.26. The average molecular weight is 340 g/mol. The summed E-state index contributed by atoms with van der Waals surface area (Å²) in [6.45, 7) is 7.16. The van der Waals surface area contributed by atoms with Crippen LogP contribution in [0, 0.1) is 25.2 Å². The Morgan fingerprint density at radius 3 is 2.77 bits per heavy atom. The molecule has 1 N–H and O–H groups in total. The molecule has 26 heavy (non-hydrogen) atoms. The fourth-order valence-corrected chi connectivity index (χ4v) is 3.36. The predicted octanol–water partition coefficient (Wildman–Crippen LogP) is 5.22. The van der Waals surface area contributed by atoms with Gasteiger partial charge in [-0.05, 0) is 56.2 Å². The molecule has 2 aromatic heterocycles. The molecule has 4 nitrogen and oxygen atoms in total. The lowest BCUT2D eigenvalue weighted by Gasteiger charge is -1.97. The molecule has 4 aromatic rings. The average Bonchev–Trinajstić information content (AvgIpc) is 3.21. The number of H-pyrrole nitrogens is 1. The first kappa shape index (κ1) is 16.2. The highest BCUT2D eigenvalue weighted by atomic mass is 14.9. The Morgan fingerprint density at radius 1 is 1.23 bits per heavy atom. The molecule has 0 aliphatic carbocycles. The number of aryl methyl sites for hydroxylation is 3. The Balaban J connectivity index is 1.87. The lowest BCUT2D eigenvalue weighted by atomic mass is 10.1. The van der Waals surface area contributed by atoms with Gasteiger partial charge in [0, 0.05) is 29.2 Å². The second-order valence-corrected chi connectivity index (χ2v) is 6.60. The molecule has 0 spiro atoms. The highest BCUT2D eigenvalue weighted by molar-refractivity contribution is 5.98.